The summed E-state index contributed by atoms with van der Waals surface area (Å²) in [5.41, 5.74) is 3.44. The summed E-state index contributed by atoms with van der Waals surface area (Å²) in [5, 5.41) is 0. The van der Waals surface area contributed by atoms with Crippen molar-refractivity contribution >= 4 is 0 Å². The highest BCUT2D eigenvalue weighted by molar-refractivity contribution is 5.02. The Kier molecular flexibility index (Phi) is 2.10. The second-order valence-corrected chi connectivity index (χ2v) is 4.36. The summed E-state index contributed by atoms with van der Waals surface area (Å²) < 4.78 is 0. The van der Waals surface area contributed by atoms with E-state index in [0.29, 0.717) is 11.6 Å². The van der Waals surface area contributed by atoms with Crippen molar-refractivity contribution in [1.29, 1.82) is 0 Å². The third-order valence-electron chi connectivity index (χ3n) is 3.77. The van der Waals surface area contributed by atoms with E-state index >= 15 is 0 Å². The number of nitrogens with one attached hydrogen (secondary N) is 1. The van der Waals surface area contributed by atoms with Gasteiger partial charge in [-0.2, -0.15) is 0 Å². The molecule has 1 saturated heterocycles. The number of piperidine rings is 1. The number of nitrogens with zero attached hydrogens (tertiary/aromatic N) is 1. The van der Waals surface area contributed by atoms with Crippen LogP contribution >= 0.6 is 0 Å². The van der Waals surface area contributed by atoms with E-state index in [1.165, 1.54) is 38.6 Å². The number of hydrogen-bond donors (Lipinski definition) is 2. The normalized spacial score (nSPS) is 35.0. The topological polar surface area (TPSA) is 41.3 Å². The maximum atomic E-state index is 5.48. The van der Waals surface area contributed by atoms with Gasteiger partial charge in [0.25, 0.3) is 0 Å². The van der Waals surface area contributed by atoms with Crippen LogP contribution in [0.3, 0.4) is 0 Å². The van der Waals surface area contributed by atoms with E-state index in [0.717, 1.165) is 0 Å². The summed E-state index contributed by atoms with van der Waals surface area (Å²) in [6, 6.07) is 0.557. The molecule has 3 heteroatoms. The van der Waals surface area contributed by atoms with Crippen molar-refractivity contribution in [2.24, 2.45) is 5.84 Å². The summed E-state index contributed by atoms with van der Waals surface area (Å²) in [4.78, 5) is 2.53. The van der Waals surface area contributed by atoms with Gasteiger partial charge in [0.1, 0.15) is 0 Å². The van der Waals surface area contributed by atoms with Crippen molar-refractivity contribution in [1.82, 2.24) is 10.3 Å². The van der Waals surface area contributed by atoms with E-state index in [9.17, 15) is 0 Å². The number of nitrogens with two attached hydrogens (primary N) is 1. The molecular weight excluding hydrogens is 150 g/mol. The van der Waals surface area contributed by atoms with Crippen LogP contribution in [0.15, 0.2) is 0 Å². The fourth-order valence-electron chi connectivity index (χ4n) is 2.62. The smallest absolute Gasteiger partial charge is 0.0240 e. The molecule has 1 saturated carbocycles. The van der Waals surface area contributed by atoms with E-state index in [1.807, 2.05) is 0 Å². The molecule has 1 atom stereocenters. The predicted molar refractivity (Wildman–Crippen MR) is 49.6 cm³/mol. The highest BCUT2D eigenvalue weighted by atomic mass is 15.3. The zero-order valence-corrected chi connectivity index (χ0v) is 7.84. The minimum absolute atomic E-state index is 0.523. The van der Waals surface area contributed by atoms with Crippen molar-refractivity contribution in [2.75, 3.05) is 13.6 Å². The lowest BCUT2D eigenvalue weighted by Crippen LogP contribution is -2.60. The Morgan fingerprint density at radius 3 is 2.75 bits per heavy atom. The van der Waals surface area contributed by atoms with Gasteiger partial charge in [0.15, 0.2) is 0 Å². The van der Waals surface area contributed by atoms with Gasteiger partial charge in [0.2, 0.25) is 0 Å². The van der Waals surface area contributed by atoms with Gasteiger partial charge in [-0.3, -0.25) is 11.3 Å². The maximum Gasteiger partial charge on any atom is 0.0240 e. The van der Waals surface area contributed by atoms with E-state index in [2.05, 4.69) is 17.4 Å². The molecule has 1 aliphatic heterocycles. The average molecular weight is 169 g/mol. The van der Waals surface area contributed by atoms with Gasteiger partial charge in [-0.15, -0.1) is 0 Å². The summed E-state index contributed by atoms with van der Waals surface area (Å²) in [6.45, 7) is 1.20. The molecule has 2 aliphatic rings. The molecule has 0 aromatic carbocycles. The summed E-state index contributed by atoms with van der Waals surface area (Å²) in [7, 11) is 2.26. The highest BCUT2D eigenvalue weighted by Crippen LogP contribution is 2.43. The van der Waals surface area contributed by atoms with Crippen LogP contribution in [0.5, 0.6) is 0 Å². The van der Waals surface area contributed by atoms with Gasteiger partial charge in [0.05, 0.1) is 0 Å². The molecule has 3 N–H and O–H groups in total. The maximum absolute atomic E-state index is 5.48. The van der Waals surface area contributed by atoms with Crippen molar-refractivity contribution < 1.29 is 0 Å². The number of hydrogen-bond acceptors (Lipinski definition) is 3. The summed E-state index contributed by atoms with van der Waals surface area (Å²) in [5.74, 6) is 5.48. The van der Waals surface area contributed by atoms with Crippen LogP contribution in [0.2, 0.25) is 0 Å². The minimum atomic E-state index is 0.523. The fraction of sp³-hybridized carbons (Fsp3) is 1.00. The van der Waals surface area contributed by atoms with Crippen LogP contribution in [-0.2, 0) is 0 Å². The Morgan fingerprint density at radius 2 is 2.25 bits per heavy atom. The predicted octanol–water partition coefficient (Wildman–Crippen LogP) is 0.467. The first-order valence-corrected chi connectivity index (χ1v) is 4.94. The SMILES string of the molecule is CN1CCC(NN)CC12CCC2. The number of hydrazine groups is 1. The summed E-state index contributed by atoms with van der Waals surface area (Å²) in [6.07, 6.45) is 6.61. The lowest BCUT2D eigenvalue weighted by atomic mass is 9.69. The average Bonchev–Trinajstić information content (AvgIpc) is 2.03. The van der Waals surface area contributed by atoms with Crippen LogP contribution in [0.1, 0.15) is 32.1 Å². The molecule has 1 spiro atoms. The first kappa shape index (κ1) is 8.48. The van der Waals surface area contributed by atoms with E-state index in [-0.39, 0.29) is 0 Å². The molecule has 0 aromatic rings. The van der Waals surface area contributed by atoms with Crippen molar-refractivity contribution in [3.63, 3.8) is 0 Å². The second kappa shape index (κ2) is 2.98. The van der Waals surface area contributed by atoms with Crippen molar-refractivity contribution in [3.05, 3.63) is 0 Å². The Hall–Kier alpha value is -0.120. The van der Waals surface area contributed by atoms with E-state index in [4.69, 9.17) is 5.84 Å². The van der Waals surface area contributed by atoms with Gasteiger partial charge in [-0.05, 0) is 45.7 Å². The lowest BCUT2D eigenvalue weighted by molar-refractivity contribution is -0.00931. The van der Waals surface area contributed by atoms with E-state index in [1.54, 1.807) is 0 Å². The van der Waals surface area contributed by atoms with Crippen molar-refractivity contribution in [2.45, 2.75) is 43.7 Å². The van der Waals surface area contributed by atoms with Gasteiger partial charge in [0, 0.05) is 11.6 Å². The quantitative estimate of drug-likeness (QED) is 0.443. The van der Waals surface area contributed by atoms with Crippen molar-refractivity contribution in [3.8, 4) is 0 Å². The van der Waals surface area contributed by atoms with Gasteiger partial charge in [-0.25, -0.2) is 0 Å². The molecule has 1 heterocycles. The number of rotatable bonds is 1. The molecule has 2 fully saturated rings. The molecule has 12 heavy (non-hydrogen) atoms. The van der Waals surface area contributed by atoms with Crippen LogP contribution in [0.4, 0.5) is 0 Å². The fourth-order valence-corrected chi connectivity index (χ4v) is 2.62. The molecule has 0 radical (unpaired) electrons. The first-order valence-electron chi connectivity index (χ1n) is 4.94. The molecule has 0 amide bonds. The lowest BCUT2D eigenvalue weighted by Gasteiger charge is -2.53. The zero-order chi connectivity index (χ0) is 8.60. The van der Waals surface area contributed by atoms with Crippen LogP contribution in [0, 0.1) is 0 Å². The standard InChI is InChI=1S/C9H19N3/c1-12-6-3-8(11-10)7-9(12)4-2-5-9/h8,11H,2-7,10H2,1H3. The second-order valence-electron chi connectivity index (χ2n) is 4.36. The van der Waals surface area contributed by atoms with Crippen LogP contribution < -0.4 is 11.3 Å². The third kappa shape index (κ3) is 1.16. The Labute approximate surface area is 74.3 Å². The molecule has 0 aromatic heterocycles. The monoisotopic (exact) mass is 169 g/mol. The number of likely N-dealkylation sites (tertiary alicyclic amines) is 1. The Bertz CT molecular complexity index is 165. The minimum Gasteiger partial charge on any atom is -0.301 e. The molecule has 1 unspecified atom stereocenters. The molecular formula is C9H19N3. The zero-order valence-electron chi connectivity index (χ0n) is 7.84. The van der Waals surface area contributed by atoms with Gasteiger partial charge >= 0.3 is 0 Å². The highest BCUT2D eigenvalue weighted by Gasteiger charge is 2.44. The van der Waals surface area contributed by atoms with E-state index < -0.39 is 0 Å². The third-order valence-corrected chi connectivity index (χ3v) is 3.77. The van der Waals surface area contributed by atoms with Crippen LogP contribution in [-0.4, -0.2) is 30.1 Å². The van der Waals surface area contributed by atoms with Crippen LogP contribution in [0.25, 0.3) is 0 Å². The van der Waals surface area contributed by atoms with Gasteiger partial charge < -0.3 is 4.90 Å². The molecule has 70 valence electrons. The molecule has 1 aliphatic carbocycles. The molecule has 0 bridgehead atoms. The van der Waals surface area contributed by atoms with Gasteiger partial charge in [-0.1, -0.05) is 0 Å². The Morgan fingerprint density at radius 1 is 1.50 bits per heavy atom. The largest absolute Gasteiger partial charge is 0.301 e. The molecule has 3 nitrogen and oxygen atoms in total. The summed E-state index contributed by atoms with van der Waals surface area (Å²) >= 11 is 0. The first-order chi connectivity index (χ1) is 5.77. The molecule has 2 rings (SSSR count). The Balaban J connectivity index is 2.00.